The number of aromatic nitrogens is 3. The molecule has 0 amide bonds. The fourth-order valence-electron chi connectivity index (χ4n) is 2.54. The number of halogens is 3. The summed E-state index contributed by atoms with van der Waals surface area (Å²) in [5, 5.41) is 8.07. The highest BCUT2D eigenvalue weighted by Crippen LogP contribution is 2.49. The molecule has 0 atom stereocenters. The van der Waals surface area contributed by atoms with Gasteiger partial charge < -0.3 is 9.64 Å². The number of hydrogen-bond acceptors (Lipinski definition) is 4. The molecule has 2 fully saturated rings. The molecular weight excluding hydrogens is 278 g/mol. The lowest BCUT2D eigenvalue weighted by molar-refractivity contribution is -0.336. The zero-order valence-corrected chi connectivity index (χ0v) is 10.4. The van der Waals surface area contributed by atoms with Gasteiger partial charge in [-0.25, -0.2) is 13.8 Å². The normalized spacial score (nSPS) is 23.4. The van der Waals surface area contributed by atoms with E-state index >= 15 is 0 Å². The monoisotopic (exact) mass is 286 g/mol. The van der Waals surface area contributed by atoms with Gasteiger partial charge in [-0.15, -0.1) is 0 Å². The first-order valence-electron chi connectivity index (χ1n) is 5.77. The molecule has 0 saturated carbocycles. The van der Waals surface area contributed by atoms with Crippen LogP contribution in [0.25, 0.3) is 10.9 Å². The third kappa shape index (κ3) is 1.37. The largest absolute Gasteiger partial charge is 0.358 e. The zero-order valence-electron chi connectivity index (χ0n) is 9.66. The van der Waals surface area contributed by atoms with Crippen molar-refractivity contribution in [1.29, 1.82) is 0 Å². The van der Waals surface area contributed by atoms with Crippen LogP contribution in [0.1, 0.15) is 0 Å². The molecule has 0 aliphatic carbocycles. The molecular formula is C11H9ClF2N4O. The number of fused-ring (bicyclic) bond motifs is 1. The third-order valence-corrected chi connectivity index (χ3v) is 3.99. The third-order valence-electron chi connectivity index (χ3n) is 3.78. The quantitative estimate of drug-likeness (QED) is 0.813. The Morgan fingerprint density at radius 3 is 2.84 bits per heavy atom. The highest BCUT2D eigenvalue weighted by molar-refractivity contribution is 6.30. The highest BCUT2D eigenvalue weighted by Gasteiger charge is 2.69. The number of H-pyrrole nitrogens is 1. The zero-order chi connectivity index (χ0) is 13.3. The Hall–Kier alpha value is -1.47. The molecule has 2 aliphatic heterocycles. The molecule has 8 heteroatoms. The first-order valence-corrected chi connectivity index (χ1v) is 6.15. The number of ether oxygens (including phenoxy) is 1. The molecule has 1 spiro atoms. The number of rotatable bonds is 1. The van der Waals surface area contributed by atoms with Gasteiger partial charge in [-0.2, -0.15) is 5.10 Å². The van der Waals surface area contributed by atoms with Crippen molar-refractivity contribution < 1.29 is 13.5 Å². The summed E-state index contributed by atoms with van der Waals surface area (Å²) in [5.74, 6) is -2.13. The van der Waals surface area contributed by atoms with E-state index < -0.39 is 18.1 Å². The minimum Gasteiger partial charge on any atom is -0.358 e. The van der Waals surface area contributed by atoms with E-state index in [4.69, 9.17) is 16.3 Å². The second-order valence-electron chi connectivity index (χ2n) is 4.94. The van der Waals surface area contributed by atoms with E-state index in [9.17, 15) is 8.78 Å². The molecule has 5 nitrogen and oxygen atoms in total. The van der Waals surface area contributed by atoms with Crippen LogP contribution in [0.2, 0.25) is 5.15 Å². The highest BCUT2D eigenvalue weighted by atomic mass is 35.5. The summed E-state index contributed by atoms with van der Waals surface area (Å²) in [6.07, 6.45) is 1.58. The topological polar surface area (TPSA) is 54.0 Å². The maximum absolute atomic E-state index is 13.4. The van der Waals surface area contributed by atoms with Gasteiger partial charge in [0.15, 0.2) is 11.4 Å². The van der Waals surface area contributed by atoms with Crippen molar-refractivity contribution in [2.45, 2.75) is 11.5 Å². The molecule has 4 rings (SSSR count). The van der Waals surface area contributed by atoms with Gasteiger partial charge in [0, 0.05) is 12.3 Å². The van der Waals surface area contributed by atoms with Crippen molar-refractivity contribution in [1.82, 2.24) is 15.2 Å². The van der Waals surface area contributed by atoms with Gasteiger partial charge in [-0.05, 0) is 0 Å². The summed E-state index contributed by atoms with van der Waals surface area (Å²) < 4.78 is 31.9. The van der Waals surface area contributed by atoms with E-state index in [1.165, 1.54) is 0 Å². The molecule has 1 N–H and O–H groups in total. The van der Waals surface area contributed by atoms with E-state index in [0.717, 1.165) is 10.9 Å². The molecule has 100 valence electrons. The lowest BCUT2D eigenvalue weighted by Gasteiger charge is -2.58. The second-order valence-corrected chi connectivity index (χ2v) is 5.33. The molecule has 19 heavy (non-hydrogen) atoms. The van der Waals surface area contributed by atoms with E-state index in [2.05, 4.69) is 15.2 Å². The van der Waals surface area contributed by atoms with Crippen LogP contribution in [-0.4, -0.2) is 46.4 Å². The van der Waals surface area contributed by atoms with Crippen molar-refractivity contribution in [3.8, 4) is 0 Å². The van der Waals surface area contributed by atoms with Gasteiger partial charge in [0.05, 0.1) is 24.0 Å². The van der Waals surface area contributed by atoms with E-state index in [0.29, 0.717) is 11.0 Å². The maximum Gasteiger partial charge on any atom is 0.302 e. The van der Waals surface area contributed by atoms with E-state index in [1.807, 2.05) is 0 Å². The van der Waals surface area contributed by atoms with Gasteiger partial charge >= 0.3 is 5.92 Å². The van der Waals surface area contributed by atoms with Crippen molar-refractivity contribution in [3.05, 3.63) is 17.4 Å². The Morgan fingerprint density at radius 2 is 2.21 bits per heavy atom. The van der Waals surface area contributed by atoms with E-state index in [1.54, 1.807) is 17.2 Å². The molecule has 2 saturated heterocycles. The van der Waals surface area contributed by atoms with Crippen LogP contribution in [0.5, 0.6) is 0 Å². The maximum atomic E-state index is 13.4. The summed E-state index contributed by atoms with van der Waals surface area (Å²) in [6, 6.07) is 1.65. The van der Waals surface area contributed by atoms with Crippen molar-refractivity contribution in [3.63, 3.8) is 0 Å². The number of hydrogen-bond donors (Lipinski definition) is 1. The molecule has 2 aromatic heterocycles. The van der Waals surface area contributed by atoms with Gasteiger partial charge in [0.2, 0.25) is 0 Å². The summed E-state index contributed by atoms with van der Waals surface area (Å²) >= 11 is 5.78. The summed E-state index contributed by atoms with van der Waals surface area (Å²) in [6.45, 7) is -0.204. The molecule has 4 heterocycles. The van der Waals surface area contributed by atoms with Crippen molar-refractivity contribution in [2.75, 3.05) is 24.6 Å². The summed E-state index contributed by atoms with van der Waals surface area (Å²) in [7, 11) is 0. The lowest BCUT2D eigenvalue weighted by Crippen LogP contribution is -2.79. The standard InChI is InChI=1S/C11H9ClF2N4O/c12-8-1-7-6(2-15-8)9(17-16-7)18-3-10(4-18)11(13,14)5-19-10/h1-2H,3-5H2,(H,16,17). The number of nitrogens with one attached hydrogen (secondary N) is 1. The fourth-order valence-corrected chi connectivity index (χ4v) is 2.70. The van der Waals surface area contributed by atoms with Gasteiger partial charge in [0.25, 0.3) is 0 Å². The van der Waals surface area contributed by atoms with Crippen LogP contribution in [0.3, 0.4) is 0 Å². The van der Waals surface area contributed by atoms with Crippen LogP contribution >= 0.6 is 11.6 Å². The second kappa shape index (κ2) is 3.34. The Morgan fingerprint density at radius 1 is 1.42 bits per heavy atom. The van der Waals surface area contributed by atoms with Gasteiger partial charge in [-0.1, -0.05) is 11.6 Å². The van der Waals surface area contributed by atoms with Crippen LogP contribution in [0.4, 0.5) is 14.6 Å². The number of pyridine rings is 1. The number of aromatic amines is 1. The minimum atomic E-state index is -2.74. The van der Waals surface area contributed by atoms with Crippen molar-refractivity contribution >= 4 is 28.3 Å². The summed E-state index contributed by atoms with van der Waals surface area (Å²) in [5.41, 5.74) is -0.588. The average Bonchev–Trinajstić information content (AvgIpc) is 2.69. The first-order chi connectivity index (χ1) is 9.01. The number of alkyl halides is 2. The molecule has 2 aromatic rings. The van der Waals surface area contributed by atoms with Crippen molar-refractivity contribution in [2.24, 2.45) is 0 Å². The Bertz CT molecular complexity index is 668. The number of nitrogens with zero attached hydrogens (tertiary/aromatic N) is 3. The van der Waals surface area contributed by atoms with Crippen LogP contribution in [0, 0.1) is 0 Å². The molecule has 0 bridgehead atoms. The molecule has 0 unspecified atom stereocenters. The van der Waals surface area contributed by atoms with Crippen LogP contribution < -0.4 is 4.90 Å². The smallest absolute Gasteiger partial charge is 0.302 e. The molecule has 2 aliphatic rings. The predicted molar refractivity (Wildman–Crippen MR) is 64.7 cm³/mol. The number of anilines is 1. The van der Waals surface area contributed by atoms with Gasteiger partial charge in [0.1, 0.15) is 11.8 Å². The molecule has 0 aromatic carbocycles. The summed E-state index contributed by atoms with van der Waals surface area (Å²) in [4.78, 5) is 5.73. The fraction of sp³-hybridized carbons (Fsp3) is 0.455. The molecule has 0 radical (unpaired) electrons. The SMILES string of the molecule is FC1(F)COC12CN(c1n[nH]c3cc(Cl)ncc13)C2. The Balaban J connectivity index is 1.64. The van der Waals surface area contributed by atoms with Crippen LogP contribution in [0.15, 0.2) is 12.3 Å². The lowest BCUT2D eigenvalue weighted by atomic mass is 9.82. The predicted octanol–water partition coefficient (Wildman–Crippen LogP) is 1.84. The minimum absolute atomic E-state index is 0.141. The average molecular weight is 287 g/mol. The Labute approximate surface area is 111 Å². The Kier molecular flexibility index (Phi) is 2.00. The first kappa shape index (κ1) is 11.4. The van der Waals surface area contributed by atoms with Crippen LogP contribution in [-0.2, 0) is 4.74 Å². The van der Waals surface area contributed by atoms with E-state index in [-0.39, 0.29) is 13.1 Å². The van der Waals surface area contributed by atoms with Gasteiger partial charge in [-0.3, -0.25) is 5.10 Å².